The van der Waals surface area contributed by atoms with Crippen molar-refractivity contribution in [3.8, 4) is 0 Å². The summed E-state index contributed by atoms with van der Waals surface area (Å²) in [6.45, 7) is 4.45. The maximum absolute atomic E-state index is 4.18. The Bertz CT molecular complexity index is 327. The standard InChI is InChI=1S/C14H22N2/c1-3-12-4-6-13(7-5-12)16-14-10-15-9-8-11(14)2/h8-10,12-13,16H,3-7H2,1-2H3. The molecule has 1 fully saturated rings. The number of hydrogen-bond donors (Lipinski definition) is 1. The van der Waals surface area contributed by atoms with Gasteiger partial charge < -0.3 is 5.32 Å². The summed E-state index contributed by atoms with van der Waals surface area (Å²) >= 11 is 0. The molecule has 1 saturated carbocycles. The van der Waals surface area contributed by atoms with Crippen LogP contribution in [-0.4, -0.2) is 11.0 Å². The van der Waals surface area contributed by atoms with Crippen molar-refractivity contribution in [3.05, 3.63) is 24.0 Å². The van der Waals surface area contributed by atoms with Crippen LogP contribution in [-0.2, 0) is 0 Å². The van der Waals surface area contributed by atoms with Crippen LogP contribution in [0.2, 0.25) is 0 Å². The van der Waals surface area contributed by atoms with E-state index in [1.807, 2.05) is 12.4 Å². The highest BCUT2D eigenvalue weighted by Crippen LogP contribution is 2.28. The van der Waals surface area contributed by atoms with Crippen LogP contribution >= 0.6 is 0 Å². The number of hydrogen-bond acceptors (Lipinski definition) is 2. The monoisotopic (exact) mass is 218 g/mol. The van der Waals surface area contributed by atoms with Crippen LogP contribution in [0.1, 0.15) is 44.6 Å². The summed E-state index contributed by atoms with van der Waals surface area (Å²) in [6, 6.07) is 2.73. The molecular formula is C14H22N2. The first-order valence-corrected chi connectivity index (χ1v) is 6.46. The van der Waals surface area contributed by atoms with Gasteiger partial charge in [-0.15, -0.1) is 0 Å². The Balaban J connectivity index is 1.89. The highest BCUT2D eigenvalue weighted by atomic mass is 14.9. The van der Waals surface area contributed by atoms with Crippen LogP contribution in [0.3, 0.4) is 0 Å². The third-order valence-electron chi connectivity index (χ3n) is 3.82. The number of nitrogens with zero attached hydrogens (tertiary/aromatic N) is 1. The molecule has 1 aliphatic rings. The van der Waals surface area contributed by atoms with E-state index in [0.29, 0.717) is 6.04 Å². The average molecular weight is 218 g/mol. The zero-order valence-electron chi connectivity index (χ0n) is 10.4. The van der Waals surface area contributed by atoms with E-state index in [1.54, 1.807) is 0 Å². The fourth-order valence-corrected chi connectivity index (χ4v) is 2.55. The predicted octanol–water partition coefficient (Wildman–Crippen LogP) is 3.77. The van der Waals surface area contributed by atoms with Crippen molar-refractivity contribution in [1.29, 1.82) is 0 Å². The number of anilines is 1. The maximum Gasteiger partial charge on any atom is 0.0558 e. The zero-order chi connectivity index (χ0) is 11.4. The number of nitrogens with one attached hydrogen (secondary N) is 1. The summed E-state index contributed by atoms with van der Waals surface area (Å²) < 4.78 is 0. The Morgan fingerprint density at radius 3 is 2.69 bits per heavy atom. The lowest BCUT2D eigenvalue weighted by molar-refractivity contribution is 0.330. The van der Waals surface area contributed by atoms with Gasteiger partial charge in [0.05, 0.1) is 11.9 Å². The molecule has 1 aromatic heterocycles. The normalized spacial score (nSPS) is 25.4. The number of rotatable bonds is 3. The topological polar surface area (TPSA) is 24.9 Å². The van der Waals surface area contributed by atoms with Crippen LogP contribution in [0.25, 0.3) is 0 Å². The van der Waals surface area contributed by atoms with E-state index in [9.17, 15) is 0 Å². The van der Waals surface area contributed by atoms with Gasteiger partial charge in [-0.1, -0.05) is 13.3 Å². The fourth-order valence-electron chi connectivity index (χ4n) is 2.55. The van der Waals surface area contributed by atoms with Crippen LogP contribution in [0, 0.1) is 12.8 Å². The van der Waals surface area contributed by atoms with Crippen LogP contribution in [0.15, 0.2) is 18.5 Å². The summed E-state index contributed by atoms with van der Waals surface area (Å²) in [6.07, 6.45) is 10.5. The van der Waals surface area contributed by atoms with Gasteiger partial charge in [0, 0.05) is 12.2 Å². The lowest BCUT2D eigenvalue weighted by Crippen LogP contribution is -2.26. The van der Waals surface area contributed by atoms with Crippen molar-refractivity contribution in [2.24, 2.45) is 5.92 Å². The number of aryl methyl sites for hydroxylation is 1. The van der Waals surface area contributed by atoms with Crippen molar-refractivity contribution in [3.63, 3.8) is 0 Å². The second-order valence-electron chi connectivity index (χ2n) is 4.96. The van der Waals surface area contributed by atoms with E-state index in [1.165, 1.54) is 43.4 Å². The molecule has 0 amide bonds. The Morgan fingerprint density at radius 1 is 1.31 bits per heavy atom. The van der Waals surface area contributed by atoms with Crippen LogP contribution < -0.4 is 5.32 Å². The second kappa shape index (κ2) is 5.33. The van der Waals surface area contributed by atoms with Crippen LogP contribution in [0.4, 0.5) is 5.69 Å². The molecule has 1 aliphatic carbocycles. The second-order valence-corrected chi connectivity index (χ2v) is 4.96. The molecule has 2 nitrogen and oxygen atoms in total. The highest BCUT2D eigenvalue weighted by molar-refractivity contribution is 5.48. The molecule has 2 rings (SSSR count). The first kappa shape index (κ1) is 11.4. The van der Waals surface area contributed by atoms with Gasteiger partial charge in [0.15, 0.2) is 0 Å². The molecule has 88 valence electrons. The predicted molar refractivity (Wildman–Crippen MR) is 68.6 cm³/mol. The smallest absolute Gasteiger partial charge is 0.0558 e. The van der Waals surface area contributed by atoms with Gasteiger partial charge in [-0.2, -0.15) is 0 Å². The molecule has 0 spiro atoms. The molecule has 0 aliphatic heterocycles. The molecule has 0 saturated heterocycles. The van der Waals surface area contributed by atoms with Gasteiger partial charge in [0.1, 0.15) is 0 Å². The largest absolute Gasteiger partial charge is 0.381 e. The van der Waals surface area contributed by atoms with E-state index in [4.69, 9.17) is 0 Å². The SMILES string of the molecule is CCC1CCC(Nc2cnccc2C)CC1. The summed E-state index contributed by atoms with van der Waals surface area (Å²) in [7, 11) is 0. The molecule has 1 heterocycles. The molecule has 1 N–H and O–H groups in total. The zero-order valence-corrected chi connectivity index (χ0v) is 10.4. The molecule has 1 aromatic rings. The average Bonchev–Trinajstić information content (AvgIpc) is 2.33. The Kier molecular flexibility index (Phi) is 3.81. The van der Waals surface area contributed by atoms with Crippen molar-refractivity contribution in [2.75, 3.05) is 5.32 Å². The minimum Gasteiger partial charge on any atom is -0.381 e. The summed E-state index contributed by atoms with van der Waals surface area (Å²) in [5, 5.41) is 3.63. The van der Waals surface area contributed by atoms with Gasteiger partial charge in [-0.3, -0.25) is 4.98 Å². The molecule has 0 aromatic carbocycles. The van der Waals surface area contributed by atoms with E-state index in [2.05, 4.69) is 30.2 Å². The third-order valence-corrected chi connectivity index (χ3v) is 3.82. The van der Waals surface area contributed by atoms with Crippen molar-refractivity contribution in [1.82, 2.24) is 4.98 Å². The summed E-state index contributed by atoms with van der Waals surface area (Å²) in [5.74, 6) is 0.966. The summed E-state index contributed by atoms with van der Waals surface area (Å²) in [4.78, 5) is 4.18. The van der Waals surface area contributed by atoms with E-state index in [-0.39, 0.29) is 0 Å². The van der Waals surface area contributed by atoms with Crippen molar-refractivity contribution < 1.29 is 0 Å². The van der Waals surface area contributed by atoms with Crippen molar-refractivity contribution in [2.45, 2.75) is 52.0 Å². The molecule has 16 heavy (non-hydrogen) atoms. The third kappa shape index (κ3) is 2.75. The Hall–Kier alpha value is -1.05. The minimum atomic E-state index is 0.658. The van der Waals surface area contributed by atoms with E-state index >= 15 is 0 Å². The maximum atomic E-state index is 4.18. The summed E-state index contributed by atoms with van der Waals surface area (Å²) in [5.41, 5.74) is 2.51. The molecule has 0 atom stereocenters. The van der Waals surface area contributed by atoms with Crippen LogP contribution in [0.5, 0.6) is 0 Å². The Labute approximate surface area is 98.5 Å². The minimum absolute atomic E-state index is 0.658. The van der Waals surface area contributed by atoms with Gasteiger partial charge in [-0.25, -0.2) is 0 Å². The molecule has 0 radical (unpaired) electrons. The van der Waals surface area contributed by atoms with Gasteiger partial charge in [0.2, 0.25) is 0 Å². The molecule has 2 heteroatoms. The van der Waals surface area contributed by atoms with Gasteiger partial charge in [0.25, 0.3) is 0 Å². The molecule has 0 unspecified atom stereocenters. The van der Waals surface area contributed by atoms with E-state index in [0.717, 1.165) is 5.92 Å². The quantitative estimate of drug-likeness (QED) is 0.835. The van der Waals surface area contributed by atoms with E-state index < -0.39 is 0 Å². The van der Waals surface area contributed by atoms with Gasteiger partial charge in [-0.05, 0) is 50.2 Å². The van der Waals surface area contributed by atoms with Crippen molar-refractivity contribution >= 4 is 5.69 Å². The number of aromatic nitrogens is 1. The first-order valence-electron chi connectivity index (χ1n) is 6.46. The van der Waals surface area contributed by atoms with Gasteiger partial charge >= 0.3 is 0 Å². The molecular weight excluding hydrogens is 196 g/mol. The number of pyridine rings is 1. The lowest BCUT2D eigenvalue weighted by atomic mass is 9.84. The lowest BCUT2D eigenvalue weighted by Gasteiger charge is -2.29. The molecule has 0 bridgehead atoms. The fraction of sp³-hybridized carbons (Fsp3) is 0.643. The highest BCUT2D eigenvalue weighted by Gasteiger charge is 2.19. The Morgan fingerprint density at radius 2 is 2.06 bits per heavy atom. The first-order chi connectivity index (χ1) is 7.79.